The molecule has 1 atom stereocenters. The predicted octanol–water partition coefficient (Wildman–Crippen LogP) is 1.42. The van der Waals surface area contributed by atoms with Crippen LogP contribution in [0.4, 0.5) is 4.79 Å². The second-order valence-electron chi connectivity index (χ2n) is 7.97. The van der Waals surface area contributed by atoms with E-state index in [-0.39, 0.29) is 11.9 Å². The molecular formula is C23H27N4O3+. The van der Waals surface area contributed by atoms with Crippen LogP contribution in [0.15, 0.2) is 65.9 Å². The van der Waals surface area contributed by atoms with Gasteiger partial charge in [-0.15, -0.1) is 0 Å². The van der Waals surface area contributed by atoms with Gasteiger partial charge in [-0.1, -0.05) is 30.3 Å². The van der Waals surface area contributed by atoms with E-state index >= 15 is 0 Å². The third-order valence-corrected chi connectivity index (χ3v) is 5.49. The number of likely N-dealkylation sites (N-methyl/N-ethyl adjacent to an activating group) is 2. The molecule has 2 N–H and O–H groups in total. The molecule has 0 fully saturated rings. The number of rotatable bonds is 6. The number of urea groups is 1. The summed E-state index contributed by atoms with van der Waals surface area (Å²) in [6, 6.07) is 16.4. The number of nitrogens with zero attached hydrogens (tertiary/aromatic N) is 2. The van der Waals surface area contributed by atoms with Crippen LogP contribution in [0.1, 0.15) is 11.6 Å². The molecule has 7 heteroatoms. The zero-order chi connectivity index (χ0) is 21.3. The molecule has 2 aliphatic heterocycles. The number of hydrogen-bond donors (Lipinski definition) is 2. The Morgan fingerprint density at radius 1 is 1.07 bits per heavy atom. The van der Waals surface area contributed by atoms with Crippen molar-refractivity contribution in [2.75, 3.05) is 40.8 Å². The molecule has 156 valence electrons. The minimum atomic E-state index is -0.493. The maximum atomic E-state index is 13.2. The van der Waals surface area contributed by atoms with E-state index in [0.29, 0.717) is 24.4 Å². The Bertz CT molecular complexity index is 987. The molecule has 4 rings (SSSR count). The molecule has 0 aromatic heterocycles. The van der Waals surface area contributed by atoms with Crippen molar-refractivity contribution >= 4 is 11.9 Å². The highest BCUT2D eigenvalue weighted by molar-refractivity contribution is 6.01. The van der Waals surface area contributed by atoms with Crippen molar-refractivity contribution in [2.45, 2.75) is 6.04 Å². The zero-order valence-corrected chi connectivity index (χ0v) is 17.5. The minimum absolute atomic E-state index is 0.0162. The van der Waals surface area contributed by atoms with Crippen LogP contribution in [-0.2, 0) is 4.79 Å². The van der Waals surface area contributed by atoms with Gasteiger partial charge in [-0.05, 0) is 29.8 Å². The average molecular weight is 407 g/mol. The lowest BCUT2D eigenvalue weighted by molar-refractivity contribution is -0.857. The van der Waals surface area contributed by atoms with E-state index in [1.165, 1.54) is 4.90 Å². The van der Waals surface area contributed by atoms with E-state index in [1.807, 2.05) is 59.5 Å². The summed E-state index contributed by atoms with van der Waals surface area (Å²) in [7, 11) is 5.84. The number of amides is 3. The molecule has 2 aromatic carbocycles. The molecule has 2 heterocycles. The van der Waals surface area contributed by atoms with E-state index in [2.05, 4.69) is 19.4 Å². The van der Waals surface area contributed by atoms with Gasteiger partial charge in [-0.25, -0.2) is 4.79 Å². The van der Waals surface area contributed by atoms with Crippen molar-refractivity contribution in [1.29, 1.82) is 0 Å². The first-order valence-electron chi connectivity index (χ1n) is 10.1. The lowest BCUT2D eigenvalue weighted by atomic mass is 9.95. The standard InChI is InChI=1S/C23H26N4O3/c1-25(2)12-13-27-15-19-20(22(27)28)21(24-23(29)26(19)3)16-8-7-11-18(14-16)30-17-9-5-4-6-10-17/h4-11,14,21H,12-13,15H2,1-3H3,(H,24,29)/p+1/t21-/m0/s1. The van der Waals surface area contributed by atoms with Gasteiger partial charge in [0.15, 0.2) is 0 Å². The van der Waals surface area contributed by atoms with E-state index in [9.17, 15) is 9.59 Å². The number of benzene rings is 2. The van der Waals surface area contributed by atoms with Crippen LogP contribution in [0.2, 0.25) is 0 Å². The van der Waals surface area contributed by atoms with Crippen LogP contribution in [0.5, 0.6) is 11.5 Å². The second kappa shape index (κ2) is 8.20. The van der Waals surface area contributed by atoms with Crippen molar-refractivity contribution < 1.29 is 19.2 Å². The largest absolute Gasteiger partial charge is 0.457 e. The lowest BCUT2D eigenvalue weighted by Gasteiger charge is -2.31. The molecule has 3 amide bonds. The third kappa shape index (κ3) is 3.89. The Morgan fingerprint density at radius 2 is 1.80 bits per heavy atom. The lowest BCUT2D eigenvalue weighted by Crippen LogP contribution is -3.06. The van der Waals surface area contributed by atoms with Gasteiger partial charge in [0.05, 0.1) is 51.0 Å². The SMILES string of the molecule is CN1C(=O)N[C@@H](c2cccc(Oc3ccccc3)c2)C2=C1CN(CC[NH+](C)C)C2=O. The first-order chi connectivity index (χ1) is 14.4. The van der Waals surface area contributed by atoms with Gasteiger partial charge in [-0.2, -0.15) is 0 Å². The number of nitrogens with one attached hydrogen (secondary N) is 2. The van der Waals surface area contributed by atoms with Crippen LogP contribution in [-0.4, -0.2) is 62.5 Å². The van der Waals surface area contributed by atoms with Crippen LogP contribution in [0, 0.1) is 0 Å². The Balaban J connectivity index is 1.63. The fraction of sp³-hybridized carbons (Fsp3) is 0.304. The van der Waals surface area contributed by atoms with Crippen molar-refractivity contribution in [1.82, 2.24) is 15.1 Å². The van der Waals surface area contributed by atoms with Gasteiger partial charge in [-0.3, -0.25) is 9.69 Å². The van der Waals surface area contributed by atoms with Crippen LogP contribution in [0.25, 0.3) is 0 Å². The highest BCUT2D eigenvalue weighted by atomic mass is 16.5. The molecule has 2 aromatic rings. The van der Waals surface area contributed by atoms with Gasteiger partial charge in [0.1, 0.15) is 11.5 Å². The quantitative estimate of drug-likeness (QED) is 0.761. The Hall–Kier alpha value is -3.32. The number of carbonyl (C=O) groups is 2. The fourth-order valence-corrected chi connectivity index (χ4v) is 3.79. The molecule has 0 saturated heterocycles. The van der Waals surface area contributed by atoms with Crippen molar-refractivity contribution in [3.63, 3.8) is 0 Å². The summed E-state index contributed by atoms with van der Waals surface area (Å²) in [5.74, 6) is 1.38. The number of ether oxygens (including phenoxy) is 1. The van der Waals surface area contributed by atoms with Crippen molar-refractivity contribution in [3.05, 3.63) is 71.4 Å². The zero-order valence-electron chi connectivity index (χ0n) is 17.5. The van der Waals surface area contributed by atoms with Gasteiger partial charge >= 0.3 is 6.03 Å². The van der Waals surface area contributed by atoms with E-state index in [4.69, 9.17) is 4.74 Å². The van der Waals surface area contributed by atoms with Gasteiger partial charge in [0, 0.05) is 7.05 Å². The Labute approximate surface area is 176 Å². The number of carbonyl (C=O) groups excluding carboxylic acids is 2. The molecule has 0 spiro atoms. The van der Waals surface area contributed by atoms with Crippen molar-refractivity contribution in [3.8, 4) is 11.5 Å². The first kappa shape index (κ1) is 20.0. The molecule has 0 saturated carbocycles. The second-order valence-corrected chi connectivity index (χ2v) is 7.97. The summed E-state index contributed by atoms with van der Waals surface area (Å²) < 4.78 is 5.94. The van der Waals surface area contributed by atoms with Gasteiger partial charge in [0.25, 0.3) is 5.91 Å². The van der Waals surface area contributed by atoms with Crippen LogP contribution in [0.3, 0.4) is 0 Å². The summed E-state index contributed by atoms with van der Waals surface area (Å²) >= 11 is 0. The molecule has 2 aliphatic rings. The molecule has 0 unspecified atom stereocenters. The maximum Gasteiger partial charge on any atom is 0.322 e. The summed E-state index contributed by atoms with van der Waals surface area (Å²) in [5, 5.41) is 2.98. The summed E-state index contributed by atoms with van der Waals surface area (Å²) in [6.45, 7) is 1.96. The summed E-state index contributed by atoms with van der Waals surface area (Å²) in [4.78, 5) is 30.5. The van der Waals surface area contributed by atoms with Gasteiger partial charge < -0.3 is 19.9 Å². The highest BCUT2D eigenvalue weighted by Crippen LogP contribution is 2.36. The molecular weight excluding hydrogens is 380 g/mol. The van der Waals surface area contributed by atoms with E-state index in [0.717, 1.165) is 23.6 Å². The fourth-order valence-electron chi connectivity index (χ4n) is 3.79. The third-order valence-electron chi connectivity index (χ3n) is 5.49. The number of quaternary nitrogens is 1. The first-order valence-corrected chi connectivity index (χ1v) is 10.1. The molecule has 0 radical (unpaired) electrons. The number of hydrogen-bond acceptors (Lipinski definition) is 3. The smallest absolute Gasteiger partial charge is 0.322 e. The molecule has 7 nitrogen and oxygen atoms in total. The summed E-state index contributed by atoms with van der Waals surface area (Å²) in [6.07, 6.45) is 0. The van der Waals surface area contributed by atoms with Crippen LogP contribution >= 0.6 is 0 Å². The van der Waals surface area contributed by atoms with Crippen LogP contribution < -0.4 is 15.0 Å². The average Bonchev–Trinajstić information content (AvgIpc) is 3.07. The number of para-hydroxylation sites is 1. The maximum absolute atomic E-state index is 13.2. The summed E-state index contributed by atoms with van der Waals surface area (Å²) in [5.41, 5.74) is 2.24. The molecule has 30 heavy (non-hydrogen) atoms. The predicted molar refractivity (Wildman–Crippen MR) is 113 cm³/mol. The Kier molecular flexibility index (Phi) is 5.46. The van der Waals surface area contributed by atoms with E-state index < -0.39 is 6.04 Å². The Morgan fingerprint density at radius 3 is 2.53 bits per heavy atom. The van der Waals surface area contributed by atoms with Gasteiger partial charge in [0.2, 0.25) is 0 Å². The monoisotopic (exact) mass is 407 g/mol. The molecule has 0 aliphatic carbocycles. The molecule has 0 bridgehead atoms. The minimum Gasteiger partial charge on any atom is -0.457 e. The van der Waals surface area contributed by atoms with E-state index in [1.54, 1.807) is 11.9 Å². The normalized spacial score (nSPS) is 18.7. The topological polar surface area (TPSA) is 66.3 Å². The highest BCUT2D eigenvalue weighted by Gasteiger charge is 2.42. The van der Waals surface area contributed by atoms with Crippen molar-refractivity contribution in [2.24, 2.45) is 0 Å².